The molecule has 0 bridgehead atoms. The van der Waals surface area contributed by atoms with Crippen molar-refractivity contribution >= 4 is 29.2 Å². The normalized spacial score (nSPS) is 12.8. The van der Waals surface area contributed by atoms with E-state index in [1.807, 2.05) is 6.92 Å². The Hall–Kier alpha value is -0.620. The SMILES string of the molecule is CCC(Sc1ncns1)C(N)=O. The third-order valence-electron chi connectivity index (χ3n) is 1.27. The first kappa shape index (κ1) is 9.47. The molecule has 1 atom stereocenters. The predicted octanol–water partition coefficient (Wildman–Crippen LogP) is 0.894. The number of nitrogens with zero attached hydrogens (tertiary/aromatic N) is 2. The quantitative estimate of drug-likeness (QED) is 0.738. The minimum atomic E-state index is -0.294. The second-order valence-corrected chi connectivity index (χ2v) is 4.35. The van der Waals surface area contributed by atoms with Crippen LogP contribution in [0.5, 0.6) is 0 Å². The van der Waals surface area contributed by atoms with E-state index in [9.17, 15) is 4.79 Å². The van der Waals surface area contributed by atoms with E-state index in [4.69, 9.17) is 5.73 Å². The van der Waals surface area contributed by atoms with Crippen LogP contribution in [-0.4, -0.2) is 20.5 Å². The van der Waals surface area contributed by atoms with Crippen molar-refractivity contribution in [1.29, 1.82) is 0 Å². The fraction of sp³-hybridized carbons (Fsp3) is 0.500. The summed E-state index contributed by atoms with van der Waals surface area (Å²) in [4.78, 5) is 14.8. The number of carbonyl (C=O) groups excluding carboxylic acids is 1. The lowest BCUT2D eigenvalue weighted by molar-refractivity contribution is -0.117. The summed E-state index contributed by atoms with van der Waals surface area (Å²) in [6.45, 7) is 1.92. The molecule has 1 aromatic heterocycles. The Labute approximate surface area is 78.7 Å². The summed E-state index contributed by atoms with van der Waals surface area (Å²) >= 11 is 2.65. The van der Waals surface area contributed by atoms with Gasteiger partial charge in [0.2, 0.25) is 5.91 Å². The predicted molar refractivity (Wildman–Crippen MR) is 49.0 cm³/mol. The summed E-state index contributed by atoms with van der Waals surface area (Å²) in [6.07, 6.45) is 2.19. The van der Waals surface area contributed by atoms with Crippen LogP contribution in [0.2, 0.25) is 0 Å². The van der Waals surface area contributed by atoms with Crippen molar-refractivity contribution in [2.24, 2.45) is 5.73 Å². The van der Waals surface area contributed by atoms with Crippen LogP contribution in [-0.2, 0) is 4.79 Å². The molecule has 0 radical (unpaired) electrons. The van der Waals surface area contributed by atoms with Crippen LogP contribution in [0, 0.1) is 0 Å². The molecule has 12 heavy (non-hydrogen) atoms. The van der Waals surface area contributed by atoms with Gasteiger partial charge in [-0.15, -0.1) is 0 Å². The van der Waals surface area contributed by atoms with Crippen molar-refractivity contribution in [2.45, 2.75) is 22.9 Å². The van der Waals surface area contributed by atoms with Gasteiger partial charge in [-0.1, -0.05) is 18.7 Å². The smallest absolute Gasteiger partial charge is 0.230 e. The summed E-state index contributed by atoms with van der Waals surface area (Å²) in [5, 5.41) is -0.182. The highest BCUT2D eigenvalue weighted by atomic mass is 32.2. The van der Waals surface area contributed by atoms with Crippen LogP contribution in [0.1, 0.15) is 13.3 Å². The molecule has 1 heterocycles. The van der Waals surface area contributed by atoms with Gasteiger partial charge in [-0.3, -0.25) is 4.79 Å². The summed E-state index contributed by atoms with van der Waals surface area (Å²) in [5.74, 6) is -0.294. The van der Waals surface area contributed by atoms with Crippen molar-refractivity contribution in [2.75, 3.05) is 0 Å². The van der Waals surface area contributed by atoms with E-state index < -0.39 is 0 Å². The lowest BCUT2D eigenvalue weighted by Gasteiger charge is -2.05. The second-order valence-electron chi connectivity index (χ2n) is 2.12. The molecule has 0 fully saturated rings. The van der Waals surface area contributed by atoms with Crippen LogP contribution in [0.4, 0.5) is 0 Å². The highest BCUT2D eigenvalue weighted by Crippen LogP contribution is 2.25. The summed E-state index contributed by atoms with van der Waals surface area (Å²) < 4.78 is 4.62. The Morgan fingerprint density at radius 3 is 3.08 bits per heavy atom. The van der Waals surface area contributed by atoms with E-state index >= 15 is 0 Å². The van der Waals surface area contributed by atoms with Crippen LogP contribution in [0.15, 0.2) is 10.7 Å². The van der Waals surface area contributed by atoms with Crippen LogP contribution >= 0.6 is 23.3 Å². The fourth-order valence-electron chi connectivity index (χ4n) is 0.679. The number of primary amides is 1. The van der Waals surface area contributed by atoms with Crippen molar-refractivity contribution in [1.82, 2.24) is 9.36 Å². The second kappa shape index (κ2) is 4.42. The fourth-order valence-corrected chi connectivity index (χ4v) is 2.24. The van der Waals surface area contributed by atoms with E-state index in [1.165, 1.54) is 29.6 Å². The van der Waals surface area contributed by atoms with Gasteiger partial charge in [0, 0.05) is 0 Å². The van der Waals surface area contributed by atoms with Crippen molar-refractivity contribution in [3.8, 4) is 0 Å². The van der Waals surface area contributed by atoms with Gasteiger partial charge in [0.25, 0.3) is 0 Å². The Balaban J connectivity index is 2.54. The van der Waals surface area contributed by atoms with Gasteiger partial charge in [0.15, 0.2) is 4.34 Å². The molecule has 0 aliphatic heterocycles. The molecule has 0 aliphatic rings. The zero-order chi connectivity index (χ0) is 8.97. The van der Waals surface area contributed by atoms with Gasteiger partial charge in [0.1, 0.15) is 6.33 Å². The molecule has 0 spiro atoms. The maximum absolute atomic E-state index is 10.8. The molecule has 0 aromatic carbocycles. The molecule has 1 unspecified atom stereocenters. The van der Waals surface area contributed by atoms with E-state index in [2.05, 4.69) is 9.36 Å². The highest BCUT2D eigenvalue weighted by Gasteiger charge is 2.15. The molecular weight excluding hydrogens is 194 g/mol. The van der Waals surface area contributed by atoms with E-state index in [0.29, 0.717) is 0 Å². The number of hydrogen-bond acceptors (Lipinski definition) is 5. The van der Waals surface area contributed by atoms with Crippen molar-refractivity contribution < 1.29 is 4.79 Å². The molecule has 4 nitrogen and oxygen atoms in total. The lowest BCUT2D eigenvalue weighted by Crippen LogP contribution is -2.24. The maximum Gasteiger partial charge on any atom is 0.230 e. The largest absolute Gasteiger partial charge is 0.369 e. The zero-order valence-corrected chi connectivity index (χ0v) is 8.19. The molecule has 0 saturated carbocycles. The molecule has 1 amide bonds. The third kappa shape index (κ3) is 2.46. The monoisotopic (exact) mass is 203 g/mol. The first-order valence-electron chi connectivity index (χ1n) is 3.46. The molecule has 0 saturated heterocycles. The Morgan fingerprint density at radius 1 is 1.92 bits per heavy atom. The summed E-state index contributed by atoms with van der Waals surface area (Å²) in [6, 6.07) is 0. The third-order valence-corrected chi connectivity index (χ3v) is 3.40. The summed E-state index contributed by atoms with van der Waals surface area (Å²) in [7, 11) is 0. The molecule has 2 N–H and O–H groups in total. The van der Waals surface area contributed by atoms with E-state index in [1.54, 1.807) is 0 Å². The average Bonchev–Trinajstić information content (AvgIpc) is 2.51. The number of amides is 1. The molecule has 1 rings (SSSR count). The van der Waals surface area contributed by atoms with Gasteiger partial charge >= 0.3 is 0 Å². The molecular formula is C6H9N3OS2. The number of thioether (sulfide) groups is 1. The van der Waals surface area contributed by atoms with Crippen molar-refractivity contribution in [3.63, 3.8) is 0 Å². The average molecular weight is 203 g/mol. The van der Waals surface area contributed by atoms with Gasteiger partial charge in [-0.05, 0) is 18.0 Å². The van der Waals surface area contributed by atoms with Gasteiger partial charge in [-0.25, -0.2) is 4.98 Å². The molecule has 0 aliphatic carbocycles. The Bertz CT molecular complexity index is 249. The van der Waals surface area contributed by atoms with Crippen molar-refractivity contribution in [3.05, 3.63) is 6.33 Å². The van der Waals surface area contributed by atoms with Crippen LogP contribution in [0.3, 0.4) is 0 Å². The van der Waals surface area contributed by atoms with Gasteiger partial charge in [0.05, 0.1) is 5.25 Å². The maximum atomic E-state index is 10.8. The molecule has 1 aromatic rings. The summed E-state index contributed by atoms with van der Waals surface area (Å²) in [5.41, 5.74) is 5.16. The Morgan fingerprint density at radius 2 is 2.67 bits per heavy atom. The van der Waals surface area contributed by atoms with Crippen LogP contribution < -0.4 is 5.73 Å². The number of aromatic nitrogens is 2. The number of nitrogens with two attached hydrogens (primary N) is 1. The Kier molecular flexibility index (Phi) is 3.48. The standard InChI is InChI=1S/C6H9N3OS2/c1-2-4(5(7)10)11-6-8-3-9-12-6/h3-4H,2H2,1H3,(H2,7,10). The molecule has 6 heteroatoms. The molecule has 66 valence electrons. The number of carbonyl (C=O) groups is 1. The van der Waals surface area contributed by atoms with E-state index in [0.717, 1.165) is 10.8 Å². The van der Waals surface area contributed by atoms with E-state index in [-0.39, 0.29) is 11.2 Å². The first-order chi connectivity index (χ1) is 5.74. The minimum Gasteiger partial charge on any atom is -0.369 e. The first-order valence-corrected chi connectivity index (χ1v) is 5.12. The minimum absolute atomic E-state index is 0.182. The topological polar surface area (TPSA) is 68.9 Å². The highest BCUT2D eigenvalue weighted by molar-refractivity contribution is 8.02. The van der Waals surface area contributed by atoms with Gasteiger partial charge < -0.3 is 5.73 Å². The number of rotatable bonds is 4. The van der Waals surface area contributed by atoms with Gasteiger partial charge in [-0.2, -0.15) is 4.37 Å². The zero-order valence-electron chi connectivity index (χ0n) is 6.56. The number of hydrogen-bond donors (Lipinski definition) is 1. The lowest BCUT2D eigenvalue weighted by atomic mass is 10.3. The van der Waals surface area contributed by atoms with Crippen LogP contribution in [0.25, 0.3) is 0 Å².